The second kappa shape index (κ2) is 8.23. The zero-order valence-corrected chi connectivity index (χ0v) is 17.9. The SMILES string of the molecule is Cc1nn(C)c(C)c1S(=O)(=O)N1CCCN(C(=O)Cc2ccc(Cl)cc2)CC1. The van der Waals surface area contributed by atoms with Crippen LogP contribution < -0.4 is 0 Å². The van der Waals surface area contributed by atoms with Crippen LogP contribution in [0.4, 0.5) is 0 Å². The number of carbonyl (C=O) groups excluding carboxylic acids is 1. The zero-order chi connectivity index (χ0) is 20.5. The lowest BCUT2D eigenvalue weighted by molar-refractivity contribution is -0.130. The molecule has 0 unspecified atom stereocenters. The van der Waals surface area contributed by atoms with E-state index in [-0.39, 0.29) is 23.8 Å². The second-order valence-corrected chi connectivity index (χ2v) is 9.38. The molecule has 1 saturated heterocycles. The fraction of sp³-hybridized carbons (Fsp3) is 0.474. The normalized spacial score (nSPS) is 16.2. The molecule has 1 aromatic carbocycles. The molecule has 0 N–H and O–H groups in total. The molecule has 1 aliphatic rings. The molecule has 0 saturated carbocycles. The Labute approximate surface area is 170 Å². The average molecular weight is 425 g/mol. The van der Waals surface area contributed by atoms with Gasteiger partial charge < -0.3 is 4.90 Å². The second-order valence-electron chi connectivity index (χ2n) is 7.07. The van der Waals surface area contributed by atoms with Gasteiger partial charge in [0.1, 0.15) is 4.90 Å². The number of amides is 1. The van der Waals surface area contributed by atoms with Gasteiger partial charge in [0.05, 0.1) is 17.8 Å². The van der Waals surface area contributed by atoms with Crippen molar-refractivity contribution in [2.45, 2.75) is 31.6 Å². The van der Waals surface area contributed by atoms with Crippen molar-refractivity contribution >= 4 is 27.5 Å². The summed E-state index contributed by atoms with van der Waals surface area (Å²) in [6.07, 6.45) is 0.884. The van der Waals surface area contributed by atoms with Crippen molar-refractivity contribution in [2.75, 3.05) is 26.2 Å². The highest BCUT2D eigenvalue weighted by Gasteiger charge is 2.32. The molecule has 1 fully saturated rings. The Morgan fingerprint density at radius 1 is 1.11 bits per heavy atom. The number of carbonyl (C=O) groups is 1. The number of aromatic nitrogens is 2. The van der Waals surface area contributed by atoms with Crippen molar-refractivity contribution in [2.24, 2.45) is 7.05 Å². The standard InChI is InChI=1S/C19H25ClN4O3S/c1-14-19(15(2)22(3)21-14)28(26,27)24-10-4-9-23(11-12-24)18(25)13-16-5-7-17(20)8-6-16/h5-8H,4,9-13H2,1-3H3. The van der Waals surface area contributed by atoms with Crippen molar-refractivity contribution in [3.05, 3.63) is 46.2 Å². The summed E-state index contributed by atoms with van der Waals surface area (Å²) in [6, 6.07) is 7.20. The topological polar surface area (TPSA) is 75.5 Å². The molecule has 0 bridgehead atoms. The number of hydrogen-bond acceptors (Lipinski definition) is 4. The van der Waals surface area contributed by atoms with Crippen LogP contribution in [-0.4, -0.2) is 59.5 Å². The first kappa shape index (κ1) is 20.8. The Kier molecular flexibility index (Phi) is 6.12. The van der Waals surface area contributed by atoms with E-state index in [0.29, 0.717) is 42.5 Å². The highest BCUT2D eigenvalue weighted by molar-refractivity contribution is 7.89. The first-order valence-electron chi connectivity index (χ1n) is 9.22. The zero-order valence-electron chi connectivity index (χ0n) is 16.4. The van der Waals surface area contributed by atoms with Gasteiger partial charge in [-0.1, -0.05) is 23.7 Å². The molecule has 28 heavy (non-hydrogen) atoms. The van der Waals surface area contributed by atoms with E-state index in [0.717, 1.165) is 5.56 Å². The fourth-order valence-corrected chi connectivity index (χ4v) is 5.52. The summed E-state index contributed by atoms with van der Waals surface area (Å²) in [5.74, 6) is -0.00434. The number of halogens is 1. The van der Waals surface area contributed by atoms with E-state index in [1.807, 2.05) is 12.1 Å². The summed E-state index contributed by atoms with van der Waals surface area (Å²) < 4.78 is 29.4. The Morgan fingerprint density at radius 2 is 1.79 bits per heavy atom. The average Bonchev–Trinajstić information content (AvgIpc) is 2.82. The molecule has 0 aliphatic carbocycles. The van der Waals surface area contributed by atoms with Crippen molar-refractivity contribution in [3.63, 3.8) is 0 Å². The fourth-order valence-electron chi connectivity index (χ4n) is 3.53. The van der Waals surface area contributed by atoms with E-state index >= 15 is 0 Å². The van der Waals surface area contributed by atoms with Crippen LogP contribution >= 0.6 is 11.6 Å². The van der Waals surface area contributed by atoms with Gasteiger partial charge in [0, 0.05) is 38.2 Å². The van der Waals surface area contributed by atoms with Gasteiger partial charge in [-0.05, 0) is 38.0 Å². The number of benzene rings is 1. The summed E-state index contributed by atoms with van der Waals surface area (Å²) in [6.45, 7) is 5.06. The minimum atomic E-state index is -3.64. The Morgan fingerprint density at radius 3 is 2.39 bits per heavy atom. The summed E-state index contributed by atoms with van der Waals surface area (Å²) >= 11 is 5.89. The van der Waals surface area contributed by atoms with Crippen LogP contribution in [0.15, 0.2) is 29.2 Å². The number of rotatable bonds is 4. The largest absolute Gasteiger partial charge is 0.341 e. The van der Waals surface area contributed by atoms with Crippen LogP contribution in [0.5, 0.6) is 0 Å². The molecule has 1 aromatic heterocycles. The lowest BCUT2D eigenvalue weighted by Crippen LogP contribution is -2.38. The van der Waals surface area contributed by atoms with Crippen LogP contribution in [0.2, 0.25) is 5.02 Å². The quantitative estimate of drug-likeness (QED) is 0.753. The maximum Gasteiger partial charge on any atom is 0.246 e. The van der Waals surface area contributed by atoms with Crippen molar-refractivity contribution in [1.82, 2.24) is 19.0 Å². The van der Waals surface area contributed by atoms with E-state index in [2.05, 4.69) is 5.10 Å². The molecule has 1 amide bonds. The summed E-state index contributed by atoms with van der Waals surface area (Å²) in [5, 5.41) is 4.86. The molecule has 9 heteroatoms. The minimum absolute atomic E-state index is 0.00434. The molecule has 0 radical (unpaired) electrons. The first-order chi connectivity index (χ1) is 13.2. The molecular formula is C19H25ClN4O3S. The van der Waals surface area contributed by atoms with Gasteiger partial charge >= 0.3 is 0 Å². The van der Waals surface area contributed by atoms with Crippen molar-refractivity contribution < 1.29 is 13.2 Å². The Hall–Kier alpha value is -1.90. The number of sulfonamides is 1. The molecule has 0 atom stereocenters. The Balaban J connectivity index is 1.70. The maximum absolute atomic E-state index is 13.2. The van der Waals surface area contributed by atoms with Gasteiger partial charge in [-0.15, -0.1) is 0 Å². The van der Waals surface area contributed by atoms with Gasteiger partial charge in [0.25, 0.3) is 0 Å². The van der Waals surface area contributed by atoms with Crippen molar-refractivity contribution in [1.29, 1.82) is 0 Å². The van der Waals surface area contributed by atoms with Crippen LogP contribution in [0.1, 0.15) is 23.4 Å². The van der Waals surface area contributed by atoms with Crippen LogP contribution in [0.3, 0.4) is 0 Å². The first-order valence-corrected chi connectivity index (χ1v) is 11.0. The summed E-state index contributed by atoms with van der Waals surface area (Å²) in [5.41, 5.74) is 2.02. The molecule has 3 rings (SSSR count). The van der Waals surface area contributed by atoms with Crippen molar-refractivity contribution in [3.8, 4) is 0 Å². The van der Waals surface area contributed by atoms with E-state index in [1.54, 1.807) is 42.6 Å². The van der Waals surface area contributed by atoms with Gasteiger partial charge in [-0.2, -0.15) is 9.40 Å². The molecule has 0 spiro atoms. The van der Waals surface area contributed by atoms with Gasteiger partial charge in [0.15, 0.2) is 0 Å². The van der Waals surface area contributed by atoms with Gasteiger partial charge in [-0.25, -0.2) is 8.42 Å². The third-order valence-electron chi connectivity index (χ3n) is 5.12. The third kappa shape index (κ3) is 4.24. The monoisotopic (exact) mass is 424 g/mol. The summed E-state index contributed by atoms with van der Waals surface area (Å²) in [4.78, 5) is 14.7. The van der Waals surface area contributed by atoms with E-state index < -0.39 is 10.0 Å². The highest BCUT2D eigenvalue weighted by Crippen LogP contribution is 2.24. The Bertz CT molecular complexity index is 970. The molecule has 2 aromatic rings. The highest BCUT2D eigenvalue weighted by atomic mass is 35.5. The predicted octanol–water partition coefficient (Wildman–Crippen LogP) is 2.16. The molecule has 2 heterocycles. The third-order valence-corrected chi connectivity index (χ3v) is 7.52. The van der Waals surface area contributed by atoms with E-state index in [1.165, 1.54) is 4.31 Å². The number of aryl methyl sites for hydroxylation is 2. The minimum Gasteiger partial charge on any atom is -0.341 e. The maximum atomic E-state index is 13.2. The van der Waals surface area contributed by atoms with Crippen LogP contribution in [0, 0.1) is 13.8 Å². The van der Waals surface area contributed by atoms with Gasteiger partial charge in [0.2, 0.25) is 15.9 Å². The molecule has 7 nitrogen and oxygen atoms in total. The number of hydrogen-bond donors (Lipinski definition) is 0. The van der Waals surface area contributed by atoms with Gasteiger partial charge in [-0.3, -0.25) is 9.48 Å². The summed E-state index contributed by atoms with van der Waals surface area (Å²) in [7, 11) is -1.90. The lowest BCUT2D eigenvalue weighted by Gasteiger charge is -2.22. The molecule has 152 valence electrons. The predicted molar refractivity (Wildman–Crippen MR) is 108 cm³/mol. The molecular weight excluding hydrogens is 400 g/mol. The van der Waals surface area contributed by atoms with Crippen LogP contribution in [0.25, 0.3) is 0 Å². The van der Waals surface area contributed by atoms with E-state index in [9.17, 15) is 13.2 Å². The lowest BCUT2D eigenvalue weighted by atomic mass is 10.1. The smallest absolute Gasteiger partial charge is 0.246 e. The number of nitrogens with zero attached hydrogens (tertiary/aromatic N) is 4. The van der Waals surface area contributed by atoms with E-state index in [4.69, 9.17) is 11.6 Å². The molecule has 1 aliphatic heterocycles. The van der Waals surface area contributed by atoms with Crippen LogP contribution in [-0.2, 0) is 28.3 Å².